The summed E-state index contributed by atoms with van der Waals surface area (Å²) < 4.78 is 0. The maximum Gasteiger partial charge on any atom is 0.407 e. The van der Waals surface area contributed by atoms with Gasteiger partial charge in [-0.1, -0.05) is 20.8 Å². The number of nitrogens with zero attached hydrogens (tertiary/aromatic N) is 1. The van der Waals surface area contributed by atoms with Gasteiger partial charge in [0.1, 0.15) is 0 Å². The van der Waals surface area contributed by atoms with Crippen molar-refractivity contribution in [1.82, 2.24) is 10.2 Å². The molecule has 1 aliphatic heterocycles. The monoisotopic (exact) mass is 214 g/mol. The summed E-state index contributed by atoms with van der Waals surface area (Å²) in [5.41, 5.74) is 0.279. The summed E-state index contributed by atoms with van der Waals surface area (Å²) in [4.78, 5) is 12.6. The number of nitrogens with one attached hydrogen (secondary N) is 1. The van der Waals surface area contributed by atoms with E-state index in [4.69, 9.17) is 5.11 Å². The Bertz CT molecular complexity index is 223. The van der Waals surface area contributed by atoms with Crippen LogP contribution in [0.2, 0.25) is 0 Å². The first-order valence-electron chi connectivity index (χ1n) is 5.60. The summed E-state index contributed by atoms with van der Waals surface area (Å²) >= 11 is 0. The van der Waals surface area contributed by atoms with E-state index in [1.54, 1.807) is 4.90 Å². The number of piperazine rings is 1. The van der Waals surface area contributed by atoms with Crippen LogP contribution < -0.4 is 5.32 Å². The van der Waals surface area contributed by atoms with Crippen molar-refractivity contribution >= 4 is 6.09 Å². The van der Waals surface area contributed by atoms with E-state index >= 15 is 0 Å². The molecule has 0 radical (unpaired) electrons. The lowest BCUT2D eigenvalue weighted by atomic mass is 9.88. The average molecular weight is 214 g/mol. The van der Waals surface area contributed by atoms with Crippen molar-refractivity contribution in [2.75, 3.05) is 19.6 Å². The highest BCUT2D eigenvalue weighted by Gasteiger charge is 2.27. The van der Waals surface area contributed by atoms with Crippen LogP contribution in [0, 0.1) is 5.41 Å². The van der Waals surface area contributed by atoms with E-state index in [1.807, 2.05) is 0 Å². The maximum atomic E-state index is 11.0. The molecule has 15 heavy (non-hydrogen) atoms. The minimum Gasteiger partial charge on any atom is -0.465 e. The van der Waals surface area contributed by atoms with E-state index in [1.165, 1.54) is 0 Å². The molecular weight excluding hydrogens is 192 g/mol. The number of amides is 1. The molecule has 0 saturated carbocycles. The van der Waals surface area contributed by atoms with Crippen LogP contribution in [-0.2, 0) is 0 Å². The molecule has 1 rings (SSSR count). The molecule has 2 N–H and O–H groups in total. The molecule has 1 heterocycles. The third kappa shape index (κ3) is 4.08. The Hall–Kier alpha value is -0.770. The van der Waals surface area contributed by atoms with Crippen molar-refractivity contribution in [3.8, 4) is 0 Å². The molecule has 1 unspecified atom stereocenters. The topological polar surface area (TPSA) is 52.6 Å². The first-order valence-corrected chi connectivity index (χ1v) is 5.60. The van der Waals surface area contributed by atoms with E-state index in [0.29, 0.717) is 6.54 Å². The zero-order valence-corrected chi connectivity index (χ0v) is 9.92. The Labute approximate surface area is 91.6 Å². The summed E-state index contributed by atoms with van der Waals surface area (Å²) in [5.74, 6) is 0. The van der Waals surface area contributed by atoms with Crippen LogP contribution in [0.15, 0.2) is 0 Å². The molecule has 0 bridgehead atoms. The summed E-state index contributed by atoms with van der Waals surface area (Å²) in [6.45, 7) is 8.75. The Morgan fingerprint density at radius 3 is 2.73 bits per heavy atom. The second-order valence-electron chi connectivity index (χ2n) is 5.43. The Kier molecular flexibility index (Phi) is 3.97. The van der Waals surface area contributed by atoms with Crippen LogP contribution in [0.4, 0.5) is 4.79 Å². The predicted octanol–water partition coefficient (Wildman–Crippen LogP) is 1.76. The largest absolute Gasteiger partial charge is 0.465 e. The van der Waals surface area contributed by atoms with Gasteiger partial charge in [0.25, 0.3) is 0 Å². The van der Waals surface area contributed by atoms with E-state index in [9.17, 15) is 4.79 Å². The molecular formula is C11H22N2O2. The van der Waals surface area contributed by atoms with Crippen molar-refractivity contribution in [2.45, 2.75) is 39.7 Å². The van der Waals surface area contributed by atoms with E-state index < -0.39 is 6.09 Å². The average Bonchev–Trinajstić information content (AvgIpc) is 2.14. The first kappa shape index (κ1) is 12.3. The van der Waals surface area contributed by atoms with Crippen molar-refractivity contribution in [1.29, 1.82) is 0 Å². The molecule has 0 aromatic heterocycles. The van der Waals surface area contributed by atoms with Gasteiger partial charge in [-0.2, -0.15) is 0 Å². The highest BCUT2D eigenvalue weighted by molar-refractivity contribution is 5.65. The maximum absolute atomic E-state index is 11.0. The zero-order valence-electron chi connectivity index (χ0n) is 9.92. The second-order valence-corrected chi connectivity index (χ2v) is 5.43. The van der Waals surface area contributed by atoms with Gasteiger partial charge in [0.2, 0.25) is 0 Å². The zero-order chi connectivity index (χ0) is 11.5. The van der Waals surface area contributed by atoms with Crippen LogP contribution >= 0.6 is 0 Å². The van der Waals surface area contributed by atoms with E-state index in [0.717, 1.165) is 25.9 Å². The molecule has 1 fully saturated rings. The molecule has 0 spiro atoms. The SMILES string of the molecule is CC(C)(C)CCC1CNCCN1C(=O)O. The lowest BCUT2D eigenvalue weighted by Crippen LogP contribution is -2.53. The molecule has 0 aromatic rings. The van der Waals surface area contributed by atoms with Gasteiger partial charge in [0, 0.05) is 25.7 Å². The first-order chi connectivity index (χ1) is 6.90. The molecule has 4 heteroatoms. The normalized spacial score (nSPS) is 22.9. The van der Waals surface area contributed by atoms with Gasteiger partial charge in [-0.3, -0.25) is 0 Å². The van der Waals surface area contributed by atoms with Gasteiger partial charge >= 0.3 is 6.09 Å². The molecule has 1 saturated heterocycles. The Morgan fingerprint density at radius 2 is 2.20 bits per heavy atom. The third-order valence-corrected chi connectivity index (χ3v) is 2.82. The third-order valence-electron chi connectivity index (χ3n) is 2.82. The van der Waals surface area contributed by atoms with Crippen LogP contribution in [0.1, 0.15) is 33.6 Å². The molecule has 1 atom stereocenters. The van der Waals surface area contributed by atoms with Gasteiger partial charge in [-0.25, -0.2) is 4.79 Å². The highest BCUT2D eigenvalue weighted by Crippen LogP contribution is 2.23. The summed E-state index contributed by atoms with van der Waals surface area (Å²) in [6.07, 6.45) is 1.22. The summed E-state index contributed by atoms with van der Waals surface area (Å²) in [7, 11) is 0. The van der Waals surface area contributed by atoms with Crippen LogP contribution in [0.3, 0.4) is 0 Å². The highest BCUT2D eigenvalue weighted by atomic mass is 16.4. The smallest absolute Gasteiger partial charge is 0.407 e. The van der Waals surface area contributed by atoms with Crippen molar-refractivity contribution in [3.05, 3.63) is 0 Å². The lowest BCUT2D eigenvalue weighted by Gasteiger charge is -2.35. The molecule has 0 aromatic carbocycles. The number of carbonyl (C=O) groups is 1. The predicted molar refractivity (Wildman–Crippen MR) is 60.1 cm³/mol. The number of hydrogen-bond donors (Lipinski definition) is 2. The van der Waals surface area contributed by atoms with Crippen LogP contribution in [0.25, 0.3) is 0 Å². The quantitative estimate of drug-likeness (QED) is 0.736. The molecule has 1 aliphatic rings. The minimum absolute atomic E-state index is 0.149. The van der Waals surface area contributed by atoms with E-state index in [2.05, 4.69) is 26.1 Å². The Morgan fingerprint density at radius 1 is 1.53 bits per heavy atom. The standard InChI is InChI=1S/C11H22N2O2/c1-11(2,3)5-4-9-8-12-6-7-13(9)10(14)15/h9,12H,4-8H2,1-3H3,(H,14,15). The van der Waals surface area contributed by atoms with Gasteiger partial charge < -0.3 is 15.3 Å². The van der Waals surface area contributed by atoms with Crippen molar-refractivity contribution in [2.24, 2.45) is 5.41 Å². The molecule has 1 amide bonds. The van der Waals surface area contributed by atoms with Crippen LogP contribution in [0.5, 0.6) is 0 Å². The van der Waals surface area contributed by atoms with E-state index in [-0.39, 0.29) is 11.5 Å². The molecule has 88 valence electrons. The van der Waals surface area contributed by atoms with Gasteiger partial charge in [0.15, 0.2) is 0 Å². The van der Waals surface area contributed by atoms with Gasteiger partial charge in [-0.15, -0.1) is 0 Å². The number of rotatable bonds is 2. The fourth-order valence-corrected chi connectivity index (χ4v) is 1.87. The minimum atomic E-state index is -0.782. The van der Waals surface area contributed by atoms with Gasteiger partial charge in [0.05, 0.1) is 0 Å². The number of carboxylic acid groups (broad SMARTS) is 1. The molecule has 0 aliphatic carbocycles. The summed E-state index contributed by atoms with van der Waals surface area (Å²) in [5, 5.41) is 12.3. The van der Waals surface area contributed by atoms with Gasteiger partial charge in [-0.05, 0) is 18.3 Å². The number of hydrogen-bond acceptors (Lipinski definition) is 2. The van der Waals surface area contributed by atoms with Crippen LogP contribution in [-0.4, -0.2) is 41.8 Å². The van der Waals surface area contributed by atoms with Crippen molar-refractivity contribution < 1.29 is 9.90 Å². The fourth-order valence-electron chi connectivity index (χ4n) is 1.87. The fraction of sp³-hybridized carbons (Fsp3) is 0.909. The van der Waals surface area contributed by atoms with Crippen molar-refractivity contribution in [3.63, 3.8) is 0 Å². The second kappa shape index (κ2) is 4.84. The summed E-state index contributed by atoms with van der Waals surface area (Å²) in [6, 6.07) is 0.149. The molecule has 4 nitrogen and oxygen atoms in total. The Balaban J connectivity index is 2.46. The lowest BCUT2D eigenvalue weighted by molar-refractivity contribution is 0.104.